The van der Waals surface area contributed by atoms with E-state index in [4.69, 9.17) is 4.74 Å². The lowest BCUT2D eigenvalue weighted by molar-refractivity contribution is -0.122. The Morgan fingerprint density at radius 3 is 3.05 bits per heavy atom. The van der Waals surface area contributed by atoms with Crippen molar-refractivity contribution in [1.29, 1.82) is 0 Å². The second-order valence-electron chi connectivity index (χ2n) is 5.27. The van der Waals surface area contributed by atoms with Crippen molar-refractivity contribution in [3.05, 3.63) is 23.8 Å². The average Bonchev–Trinajstić information content (AvgIpc) is 2.71. The minimum Gasteiger partial charge on any atom is -0.489 e. The Bertz CT molecular complexity index is 559. The number of carbonyl (C=O) groups is 2. The van der Waals surface area contributed by atoms with E-state index in [0.717, 1.165) is 25.1 Å². The molecule has 2 amide bonds. The molecule has 0 spiro atoms. The Labute approximate surface area is 123 Å². The Balaban J connectivity index is 1.77. The second-order valence-corrected chi connectivity index (χ2v) is 5.27. The van der Waals surface area contributed by atoms with E-state index >= 15 is 0 Å². The first kappa shape index (κ1) is 13.7. The number of anilines is 1. The molecule has 6 nitrogen and oxygen atoms in total. The third-order valence-electron chi connectivity index (χ3n) is 3.76. The topological polar surface area (TPSA) is 79.5 Å². The number of ether oxygens (including phenoxy) is 1. The molecule has 1 fully saturated rings. The molecule has 21 heavy (non-hydrogen) atoms. The van der Waals surface area contributed by atoms with Crippen LogP contribution in [0.2, 0.25) is 0 Å². The molecule has 1 saturated heterocycles. The summed E-state index contributed by atoms with van der Waals surface area (Å²) in [6.07, 6.45) is 2.55. The van der Waals surface area contributed by atoms with E-state index in [-0.39, 0.29) is 11.8 Å². The van der Waals surface area contributed by atoms with E-state index in [9.17, 15) is 9.59 Å². The number of rotatable bonds is 2. The molecule has 0 radical (unpaired) electrons. The van der Waals surface area contributed by atoms with Gasteiger partial charge in [-0.3, -0.25) is 9.59 Å². The van der Waals surface area contributed by atoms with Gasteiger partial charge in [-0.1, -0.05) is 6.07 Å². The molecule has 3 rings (SSSR count). The summed E-state index contributed by atoms with van der Waals surface area (Å²) in [5.41, 5.74) is 1.29. The molecule has 1 atom stereocenters. The molecule has 1 aromatic rings. The zero-order valence-electron chi connectivity index (χ0n) is 11.8. The first-order valence-corrected chi connectivity index (χ1v) is 7.34. The molecular formula is C15H19N3O3. The number of hydrogen-bond donors (Lipinski definition) is 3. The van der Waals surface area contributed by atoms with Crippen LogP contribution in [-0.4, -0.2) is 37.6 Å². The number of nitrogens with one attached hydrogen (secondary N) is 3. The molecule has 6 heteroatoms. The number of amides is 2. The summed E-state index contributed by atoms with van der Waals surface area (Å²) in [5.74, 6) is 0.192. The molecule has 2 aliphatic rings. The third kappa shape index (κ3) is 2.94. The van der Waals surface area contributed by atoms with Crippen LogP contribution in [0.25, 0.3) is 0 Å². The van der Waals surface area contributed by atoms with Gasteiger partial charge < -0.3 is 20.7 Å². The average molecular weight is 289 g/mol. The molecule has 1 aromatic carbocycles. The van der Waals surface area contributed by atoms with Gasteiger partial charge in [0.2, 0.25) is 5.91 Å². The van der Waals surface area contributed by atoms with Crippen LogP contribution in [0.3, 0.4) is 0 Å². The van der Waals surface area contributed by atoms with E-state index in [1.54, 1.807) is 6.07 Å². The van der Waals surface area contributed by atoms with Gasteiger partial charge in [0.1, 0.15) is 12.6 Å². The van der Waals surface area contributed by atoms with Crippen LogP contribution in [0, 0.1) is 0 Å². The molecule has 0 saturated carbocycles. The first-order chi connectivity index (χ1) is 10.3. The molecular weight excluding hydrogens is 270 g/mol. The van der Waals surface area contributed by atoms with Gasteiger partial charge in [0, 0.05) is 13.1 Å². The fourth-order valence-corrected chi connectivity index (χ4v) is 2.66. The smallest absolute Gasteiger partial charge is 0.255 e. The van der Waals surface area contributed by atoms with Crippen LogP contribution in [-0.2, 0) is 4.79 Å². The summed E-state index contributed by atoms with van der Waals surface area (Å²) in [7, 11) is 0. The van der Waals surface area contributed by atoms with Crippen LogP contribution in [0.15, 0.2) is 18.2 Å². The number of para-hydroxylation sites is 1. The van der Waals surface area contributed by atoms with Crippen molar-refractivity contribution in [3.8, 4) is 5.75 Å². The molecule has 2 aliphatic heterocycles. The lowest BCUT2D eigenvalue weighted by Crippen LogP contribution is -2.45. The van der Waals surface area contributed by atoms with Crippen LogP contribution < -0.4 is 20.7 Å². The normalized spacial score (nSPS) is 21.1. The molecule has 0 aliphatic carbocycles. The standard InChI is InChI=1S/C15H19N3O3/c19-14(18-12-5-1-2-7-17-15(12)20)10-4-3-6-11-13(10)21-9-8-16-11/h3-4,6,12,16H,1-2,5,7-9H2,(H,17,20)(H,18,19). The van der Waals surface area contributed by atoms with Crippen molar-refractivity contribution in [2.45, 2.75) is 25.3 Å². The molecule has 1 unspecified atom stereocenters. The van der Waals surface area contributed by atoms with Gasteiger partial charge in [0.15, 0.2) is 5.75 Å². The highest BCUT2D eigenvalue weighted by atomic mass is 16.5. The molecule has 0 bridgehead atoms. The van der Waals surface area contributed by atoms with Gasteiger partial charge >= 0.3 is 0 Å². The van der Waals surface area contributed by atoms with Crippen molar-refractivity contribution in [1.82, 2.24) is 10.6 Å². The van der Waals surface area contributed by atoms with Gasteiger partial charge in [-0.15, -0.1) is 0 Å². The Kier molecular flexibility index (Phi) is 3.94. The monoisotopic (exact) mass is 289 g/mol. The summed E-state index contributed by atoms with van der Waals surface area (Å²) in [4.78, 5) is 24.3. The van der Waals surface area contributed by atoms with E-state index in [1.807, 2.05) is 12.1 Å². The summed E-state index contributed by atoms with van der Waals surface area (Å²) in [6, 6.07) is 4.94. The fraction of sp³-hybridized carbons (Fsp3) is 0.467. The Morgan fingerprint density at radius 2 is 2.14 bits per heavy atom. The second kappa shape index (κ2) is 6.03. The molecule has 112 valence electrons. The van der Waals surface area contributed by atoms with Crippen LogP contribution in [0.1, 0.15) is 29.6 Å². The predicted octanol–water partition coefficient (Wildman–Crippen LogP) is 0.889. The Hall–Kier alpha value is -2.24. The highest BCUT2D eigenvalue weighted by molar-refractivity contribution is 6.01. The van der Waals surface area contributed by atoms with Crippen LogP contribution in [0.4, 0.5) is 5.69 Å². The maximum absolute atomic E-state index is 12.4. The van der Waals surface area contributed by atoms with Gasteiger partial charge in [-0.25, -0.2) is 0 Å². The van der Waals surface area contributed by atoms with Crippen molar-refractivity contribution >= 4 is 17.5 Å². The Morgan fingerprint density at radius 1 is 1.24 bits per heavy atom. The van der Waals surface area contributed by atoms with Gasteiger partial charge in [-0.05, 0) is 31.4 Å². The van der Waals surface area contributed by atoms with Crippen molar-refractivity contribution < 1.29 is 14.3 Å². The quantitative estimate of drug-likeness (QED) is 0.755. The zero-order valence-corrected chi connectivity index (χ0v) is 11.8. The number of fused-ring (bicyclic) bond motifs is 1. The summed E-state index contributed by atoms with van der Waals surface area (Å²) in [6.45, 7) is 1.93. The molecule has 2 heterocycles. The van der Waals surface area contributed by atoms with Crippen LogP contribution in [0.5, 0.6) is 5.75 Å². The summed E-state index contributed by atoms with van der Waals surface area (Å²) < 4.78 is 5.59. The van der Waals surface area contributed by atoms with Gasteiger partial charge in [-0.2, -0.15) is 0 Å². The van der Waals surface area contributed by atoms with Gasteiger partial charge in [0.25, 0.3) is 5.91 Å². The predicted molar refractivity (Wildman–Crippen MR) is 78.5 cm³/mol. The van der Waals surface area contributed by atoms with Gasteiger partial charge in [0.05, 0.1) is 11.3 Å². The van der Waals surface area contributed by atoms with E-state index in [1.165, 1.54) is 0 Å². The van der Waals surface area contributed by atoms with Crippen molar-refractivity contribution in [2.75, 3.05) is 25.0 Å². The minimum atomic E-state index is -0.465. The number of benzene rings is 1. The maximum Gasteiger partial charge on any atom is 0.255 e. The minimum absolute atomic E-state index is 0.107. The van der Waals surface area contributed by atoms with Crippen LogP contribution >= 0.6 is 0 Å². The zero-order chi connectivity index (χ0) is 14.7. The molecule has 0 aromatic heterocycles. The highest BCUT2D eigenvalue weighted by Gasteiger charge is 2.25. The van der Waals surface area contributed by atoms with E-state index in [0.29, 0.717) is 30.9 Å². The third-order valence-corrected chi connectivity index (χ3v) is 3.76. The summed E-state index contributed by atoms with van der Waals surface area (Å²) in [5, 5.41) is 8.83. The highest BCUT2D eigenvalue weighted by Crippen LogP contribution is 2.31. The lowest BCUT2D eigenvalue weighted by atomic mass is 10.1. The number of carbonyl (C=O) groups excluding carboxylic acids is 2. The largest absolute Gasteiger partial charge is 0.489 e. The first-order valence-electron chi connectivity index (χ1n) is 7.34. The summed E-state index contributed by atoms with van der Waals surface area (Å²) >= 11 is 0. The molecule has 3 N–H and O–H groups in total. The SMILES string of the molecule is O=C(NC1CCCCNC1=O)c1cccc2c1OCCN2. The maximum atomic E-state index is 12.4. The van der Waals surface area contributed by atoms with E-state index in [2.05, 4.69) is 16.0 Å². The lowest BCUT2D eigenvalue weighted by Gasteiger charge is -2.22. The van der Waals surface area contributed by atoms with Crippen molar-refractivity contribution in [3.63, 3.8) is 0 Å². The fourth-order valence-electron chi connectivity index (χ4n) is 2.66. The van der Waals surface area contributed by atoms with Crippen molar-refractivity contribution in [2.24, 2.45) is 0 Å². The van der Waals surface area contributed by atoms with E-state index < -0.39 is 6.04 Å². The number of hydrogen-bond acceptors (Lipinski definition) is 4.